The fourth-order valence-electron chi connectivity index (χ4n) is 10.2. The Labute approximate surface area is 195 Å². The third-order valence-corrected chi connectivity index (χ3v) is 12.6. The molecular formula is C29H46O3. The van der Waals surface area contributed by atoms with Gasteiger partial charge in [-0.3, -0.25) is 4.79 Å². The van der Waals surface area contributed by atoms with Crippen molar-refractivity contribution in [1.82, 2.24) is 0 Å². The average molecular weight is 443 g/mol. The Bertz CT molecular complexity index is 843. The molecule has 180 valence electrons. The number of fused-ring (bicyclic) bond motifs is 7. The van der Waals surface area contributed by atoms with Gasteiger partial charge in [-0.1, -0.05) is 53.2 Å². The van der Waals surface area contributed by atoms with Crippen LogP contribution in [0.25, 0.3) is 0 Å². The van der Waals surface area contributed by atoms with E-state index in [1.54, 1.807) is 0 Å². The van der Waals surface area contributed by atoms with Crippen molar-refractivity contribution in [1.29, 1.82) is 0 Å². The number of hydrogen-bond acceptors (Lipinski definition) is 2. The molecule has 0 aromatic heterocycles. The first-order chi connectivity index (χ1) is 14.8. The SMILES string of the molecule is CC1C(O)CCC2(C)C1CCC1(C)C2CC=C2C3CC(C)(C)CCC3(C(=O)O)CC[C@]21C. The lowest BCUT2D eigenvalue weighted by molar-refractivity contribution is -0.187. The molecule has 0 aliphatic heterocycles. The number of hydrogen-bond donors (Lipinski definition) is 2. The Morgan fingerprint density at radius 1 is 0.969 bits per heavy atom. The second-order valence-corrected chi connectivity index (χ2v) is 14.2. The summed E-state index contributed by atoms with van der Waals surface area (Å²) in [5, 5.41) is 21.1. The first kappa shape index (κ1) is 22.9. The van der Waals surface area contributed by atoms with E-state index in [-0.39, 0.29) is 33.7 Å². The van der Waals surface area contributed by atoms with Crippen LogP contribution in [-0.4, -0.2) is 22.3 Å². The summed E-state index contributed by atoms with van der Waals surface area (Å²) in [5.41, 5.74) is 1.79. The molecule has 5 rings (SSSR count). The minimum atomic E-state index is -0.547. The Morgan fingerprint density at radius 3 is 2.34 bits per heavy atom. The quantitative estimate of drug-likeness (QED) is 0.437. The highest BCUT2D eigenvalue weighted by Gasteiger charge is 2.68. The molecule has 9 atom stereocenters. The van der Waals surface area contributed by atoms with Gasteiger partial charge in [0.2, 0.25) is 0 Å². The van der Waals surface area contributed by atoms with Crippen molar-refractivity contribution in [2.45, 2.75) is 112 Å². The van der Waals surface area contributed by atoms with Gasteiger partial charge in [0, 0.05) is 0 Å². The van der Waals surface area contributed by atoms with Gasteiger partial charge < -0.3 is 10.2 Å². The maximum atomic E-state index is 12.7. The van der Waals surface area contributed by atoms with Crippen LogP contribution in [0.2, 0.25) is 0 Å². The van der Waals surface area contributed by atoms with Gasteiger partial charge in [0.25, 0.3) is 0 Å². The lowest BCUT2D eigenvalue weighted by Crippen LogP contribution is -2.63. The predicted octanol–water partition coefficient (Wildman–Crippen LogP) is 6.84. The zero-order valence-corrected chi connectivity index (χ0v) is 21.3. The van der Waals surface area contributed by atoms with Gasteiger partial charge in [-0.15, -0.1) is 0 Å². The summed E-state index contributed by atoms with van der Waals surface area (Å²) in [4.78, 5) is 12.7. The number of aliphatic hydroxyl groups is 1. The van der Waals surface area contributed by atoms with E-state index < -0.39 is 11.4 Å². The zero-order valence-electron chi connectivity index (χ0n) is 21.3. The first-order valence-corrected chi connectivity index (χ1v) is 13.4. The maximum Gasteiger partial charge on any atom is 0.310 e. The Kier molecular flexibility index (Phi) is 4.92. The fourth-order valence-corrected chi connectivity index (χ4v) is 10.2. The van der Waals surface area contributed by atoms with Crippen LogP contribution in [-0.2, 0) is 4.79 Å². The van der Waals surface area contributed by atoms with E-state index in [2.05, 4.69) is 47.6 Å². The molecule has 0 radical (unpaired) electrons. The molecule has 0 aromatic carbocycles. The van der Waals surface area contributed by atoms with Crippen LogP contribution in [0, 0.1) is 50.7 Å². The van der Waals surface area contributed by atoms with E-state index in [0.29, 0.717) is 17.8 Å². The Balaban J connectivity index is 1.59. The lowest BCUT2D eigenvalue weighted by atomic mass is 9.34. The van der Waals surface area contributed by atoms with Gasteiger partial charge in [-0.25, -0.2) is 0 Å². The molecule has 5 aliphatic carbocycles. The first-order valence-electron chi connectivity index (χ1n) is 13.4. The van der Waals surface area contributed by atoms with E-state index in [0.717, 1.165) is 51.4 Å². The molecule has 0 heterocycles. The number of carboxylic acid groups (broad SMARTS) is 1. The predicted molar refractivity (Wildman–Crippen MR) is 128 cm³/mol. The van der Waals surface area contributed by atoms with Gasteiger partial charge in [0.15, 0.2) is 0 Å². The van der Waals surface area contributed by atoms with Crippen molar-refractivity contribution >= 4 is 5.97 Å². The number of carbonyl (C=O) groups is 1. The highest BCUT2D eigenvalue weighted by atomic mass is 16.4. The fraction of sp³-hybridized carbons (Fsp3) is 0.897. The molecule has 0 amide bonds. The molecule has 4 fully saturated rings. The normalized spacial score (nSPS) is 54.3. The standard InChI is InChI=1S/C29H46O3/c1-18-19-9-12-28(6)23(26(19,4)11-10-22(18)30)8-7-20-21-17-25(2,3)13-15-29(21,24(31)32)16-14-27(20,28)5/h7,18-19,21-23,30H,8-17H2,1-6H3,(H,31,32)/t18?,19?,21?,22?,23?,26?,27-,28?,29?/m1/s1. The minimum absolute atomic E-state index is 0.0975. The second kappa shape index (κ2) is 6.86. The lowest BCUT2D eigenvalue weighted by Gasteiger charge is -2.70. The van der Waals surface area contributed by atoms with Crippen LogP contribution in [0.3, 0.4) is 0 Å². The van der Waals surface area contributed by atoms with Crippen LogP contribution in [0.1, 0.15) is 106 Å². The van der Waals surface area contributed by atoms with E-state index in [1.165, 1.54) is 18.4 Å². The second-order valence-electron chi connectivity index (χ2n) is 14.2. The summed E-state index contributed by atoms with van der Waals surface area (Å²) in [5.74, 6) is 1.28. The minimum Gasteiger partial charge on any atom is -0.481 e. The van der Waals surface area contributed by atoms with Crippen LogP contribution in [0.4, 0.5) is 0 Å². The monoisotopic (exact) mass is 442 g/mol. The van der Waals surface area contributed by atoms with Gasteiger partial charge >= 0.3 is 5.97 Å². The van der Waals surface area contributed by atoms with Crippen molar-refractivity contribution in [3.05, 3.63) is 11.6 Å². The van der Waals surface area contributed by atoms with Crippen LogP contribution < -0.4 is 0 Å². The van der Waals surface area contributed by atoms with Crippen LogP contribution in [0.15, 0.2) is 11.6 Å². The summed E-state index contributed by atoms with van der Waals surface area (Å²) >= 11 is 0. The van der Waals surface area contributed by atoms with Gasteiger partial charge in [0.1, 0.15) is 0 Å². The topological polar surface area (TPSA) is 57.5 Å². The number of rotatable bonds is 1. The molecule has 3 nitrogen and oxygen atoms in total. The van der Waals surface area contributed by atoms with E-state index in [9.17, 15) is 15.0 Å². The molecule has 3 heteroatoms. The highest BCUT2D eigenvalue weighted by molar-refractivity contribution is 5.76. The smallest absolute Gasteiger partial charge is 0.310 e. The van der Waals surface area contributed by atoms with E-state index in [1.807, 2.05) is 0 Å². The largest absolute Gasteiger partial charge is 0.481 e. The third-order valence-electron chi connectivity index (χ3n) is 12.6. The van der Waals surface area contributed by atoms with E-state index in [4.69, 9.17) is 0 Å². The summed E-state index contributed by atoms with van der Waals surface area (Å²) < 4.78 is 0. The number of carboxylic acids is 1. The number of aliphatic carboxylic acids is 1. The number of aliphatic hydroxyl groups excluding tert-OH is 1. The molecule has 4 saturated carbocycles. The summed E-state index contributed by atoms with van der Waals surface area (Å²) in [6.07, 6.45) is 12.8. The molecule has 5 aliphatic rings. The van der Waals surface area contributed by atoms with Gasteiger partial charge in [-0.05, 0) is 110 Å². The van der Waals surface area contributed by atoms with E-state index >= 15 is 0 Å². The average Bonchev–Trinajstić information content (AvgIpc) is 2.71. The van der Waals surface area contributed by atoms with Crippen molar-refractivity contribution in [2.24, 2.45) is 50.7 Å². The zero-order chi connectivity index (χ0) is 23.3. The summed E-state index contributed by atoms with van der Waals surface area (Å²) in [6.45, 7) is 14.6. The highest BCUT2D eigenvalue weighted by Crippen LogP contribution is 2.74. The summed E-state index contributed by atoms with van der Waals surface area (Å²) in [6, 6.07) is 0. The van der Waals surface area contributed by atoms with Gasteiger partial charge in [0.05, 0.1) is 11.5 Å². The molecule has 2 N–H and O–H groups in total. The van der Waals surface area contributed by atoms with Gasteiger partial charge in [-0.2, -0.15) is 0 Å². The Morgan fingerprint density at radius 2 is 1.66 bits per heavy atom. The molecular weight excluding hydrogens is 396 g/mol. The molecule has 0 bridgehead atoms. The summed E-state index contributed by atoms with van der Waals surface area (Å²) in [7, 11) is 0. The van der Waals surface area contributed by atoms with Crippen molar-refractivity contribution in [3.63, 3.8) is 0 Å². The maximum absolute atomic E-state index is 12.7. The molecule has 0 aromatic rings. The number of allylic oxidation sites excluding steroid dienone is 2. The molecule has 32 heavy (non-hydrogen) atoms. The van der Waals surface area contributed by atoms with Crippen molar-refractivity contribution in [3.8, 4) is 0 Å². The van der Waals surface area contributed by atoms with Crippen molar-refractivity contribution in [2.75, 3.05) is 0 Å². The third kappa shape index (κ3) is 2.72. The Hall–Kier alpha value is -0.830. The molecule has 0 spiro atoms. The van der Waals surface area contributed by atoms with Crippen LogP contribution in [0.5, 0.6) is 0 Å². The molecule has 0 saturated heterocycles. The van der Waals surface area contributed by atoms with Crippen molar-refractivity contribution < 1.29 is 15.0 Å². The molecule has 8 unspecified atom stereocenters. The van der Waals surface area contributed by atoms with Crippen LogP contribution >= 0.6 is 0 Å².